The molecule has 0 bridgehead atoms. The second kappa shape index (κ2) is 10.0. The van der Waals surface area contributed by atoms with Gasteiger partial charge in [0.15, 0.2) is 0 Å². The Morgan fingerprint density at radius 2 is 1.31 bits per heavy atom. The summed E-state index contributed by atoms with van der Waals surface area (Å²) in [5.41, 5.74) is -1.95. The van der Waals surface area contributed by atoms with Gasteiger partial charge in [0.25, 0.3) is 0 Å². The fourth-order valence-corrected chi connectivity index (χ4v) is 1.46. The van der Waals surface area contributed by atoms with Crippen molar-refractivity contribution < 1.29 is 53.6 Å². The first-order valence-electron chi connectivity index (χ1n) is 7.69. The third-order valence-electron chi connectivity index (χ3n) is 3.04. The normalized spacial score (nSPS) is 12.7. The Morgan fingerprint density at radius 3 is 1.77 bits per heavy atom. The van der Waals surface area contributed by atoms with Crippen molar-refractivity contribution in [1.29, 1.82) is 0 Å². The van der Waals surface area contributed by atoms with Crippen molar-refractivity contribution in [2.24, 2.45) is 0 Å². The van der Waals surface area contributed by atoms with E-state index in [2.05, 4.69) is 14.7 Å². The minimum Gasteiger partial charge on any atom is -0.454 e. The van der Waals surface area contributed by atoms with Gasteiger partial charge in [0.05, 0.1) is 0 Å². The van der Waals surface area contributed by atoms with Gasteiger partial charge in [0, 0.05) is 6.42 Å². The van der Waals surface area contributed by atoms with Crippen molar-refractivity contribution in [2.45, 2.75) is 71.7 Å². The maximum Gasteiger partial charge on any atom is 0.453 e. The van der Waals surface area contributed by atoms with E-state index in [0.29, 0.717) is 6.42 Å². The molecular weight excluding hydrogens is 356 g/mol. The molecule has 11 heteroatoms. The zero-order valence-corrected chi connectivity index (χ0v) is 15.5. The minimum absolute atomic E-state index is 0.0191. The average Bonchev–Trinajstić information content (AvgIpc) is 2.56. The van der Waals surface area contributed by atoms with Crippen molar-refractivity contribution in [3.05, 3.63) is 0 Å². The summed E-state index contributed by atoms with van der Waals surface area (Å²) in [7, 11) is 0. The van der Waals surface area contributed by atoms with E-state index in [1.807, 2.05) is 6.92 Å². The van der Waals surface area contributed by atoms with Crippen LogP contribution in [0.4, 0.5) is 0 Å². The summed E-state index contributed by atoms with van der Waals surface area (Å²) in [6.45, 7) is 9.52. The maximum atomic E-state index is 11.6. The Hall–Kier alpha value is -2.24. The summed E-state index contributed by atoms with van der Waals surface area (Å²) in [6, 6.07) is 0. The molecule has 0 aromatic heterocycles. The third-order valence-corrected chi connectivity index (χ3v) is 3.04. The van der Waals surface area contributed by atoms with Crippen LogP contribution in [0.15, 0.2) is 0 Å². The summed E-state index contributed by atoms with van der Waals surface area (Å²) in [5.74, 6) is -5.85. The Kier molecular flexibility index (Phi) is 9.18. The molecule has 0 aromatic carbocycles. The van der Waals surface area contributed by atoms with Crippen LogP contribution in [0, 0.1) is 0 Å². The van der Waals surface area contributed by atoms with E-state index in [1.165, 1.54) is 20.8 Å². The molecule has 1 unspecified atom stereocenters. The Bertz CT molecular complexity index is 524. The van der Waals surface area contributed by atoms with Crippen LogP contribution in [0.5, 0.6) is 0 Å². The SMILES string of the molecule is CCC(C)(C)OOC(=O)C(=O)OC(C)CC(C)(C)OOC(=O)C(=O)OO. The molecule has 0 aliphatic rings. The number of carbonyl (C=O) groups excluding carboxylic acids is 4. The first-order valence-corrected chi connectivity index (χ1v) is 7.69. The van der Waals surface area contributed by atoms with Crippen molar-refractivity contribution in [3.63, 3.8) is 0 Å². The molecule has 0 fully saturated rings. The van der Waals surface area contributed by atoms with Gasteiger partial charge in [-0.1, -0.05) is 6.92 Å². The van der Waals surface area contributed by atoms with Gasteiger partial charge in [0.2, 0.25) is 0 Å². The molecule has 0 spiro atoms. The Balaban J connectivity index is 4.42. The quantitative estimate of drug-likeness (QED) is 0.281. The fourth-order valence-electron chi connectivity index (χ4n) is 1.46. The molecule has 0 radical (unpaired) electrons. The summed E-state index contributed by atoms with van der Waals surface area (Å²) in [5, 5.41) is 8.02. The van der Waals surface area contributed by atoms with Crippen LogP contribution in [0.1, 0.15) is 54.4 Å². The van der Waals surface area contributed by atoms with Gasteiger partial charge in [0.1, 0.15) is 17.3 Å². The molecule has 26 heavy (non-hydrogen) atoms. The lowest BCUT2D eigenvalue weighted by molar-refractivity contribution is -0.332. The van der Waals surface area contributed by atoms with Gasteiger partial charge in [-0.05, 0) is 41.0 Å². The average molecular weight is 380 g/mol. The van der Waals surface area contributed by atoms with Gasteiger partial charge in [-0.25, -0.2) is 19.2 Å². The van der Waals surface area contributed by atoms with Gasteiger partial charge in [-0.2, -0.15) is 15.0 Å². The van der Waals surface area contributed by atoms with Crippen LogP contribution >= 0.6 is 0 Å². The highest BCUT2D eigenvalue weighted by atomic mass is 17.2. The van der Waals surface area contributed by atoms with Gasteiger partial charge in [-0.15, -0.1) is 0 Å². The largest absolute Gasteiger partial charge is 0.454 e. The molecule has 0 aliphatic carbocycles. The summed E-state index contributed by atoms with van der Waals surface area (Å²) < 4.78 is 4.88. The predicted molar refractivity (Wildman–Crippen MR) is 81.7 cm³/mol. The van der Waals surface area contributed by atoms with E-state index in [1.54, 1.807) is 13.8 Å². The van der Waals surface area contributed by atoms with Gasteiger partial charge < -0.3 is 4.74 Å². The van der Waals surface area contributed by atoms with E-state index in [4.69, 9.17) is 19.8 Å². The molecule has 0 amide bonds. The first kappa shape index (κ1) is 23.8. The van der Waals surface area contributed by atoms with E-state index in [-0.39, 0.29) is 6.42 Å². The van der Waals surface area contributed by atoms with E-state index in [0.717, 1.165) is 0 Å². The summed E-state index contributed by atoms with van der Waals surface area (Å²) in [4.78, 5) is 66.2. The molecule has 0 saturated heterocycles. The Morgan fingerprint density at radius 1 is 0.846 bits per heavy atom. The molecule has 0 saturated carbocycles. The molecule has 0 aromatic rings. The molecular formula is C15H24O11. The second-order valence-corrected chi connectivity index (χ2v) is 6.58. The molecule has 11 nitrogen and oxygen atoms in total. The zero-order chi connectivity index (χ0) is 20.5. The van der Waals surface area contributed by atoms with Crippen molar-refractivity contribution in [3.8, 4) is 0 Å². The second-order valence-electron chi connectivity index (χ2n) is 6.58. The van der Waals surface area contributed by atoms with E-state index in [9.17, 15) is 19.2 Å². The third kappa shape index (κ3) is 9.30. The lowest BCUT2D eigenvalue weighted by Gasteiger charge is -2.25. The number of ether oxygens (including phenoxy) is 1. The molecule has 0 heterocycles. The standard InChI is InChI=1S/C15H24O11/c1-7-14(3,4)25-23-12(18)10(16)21-9(2)8-15(5,6)26-24-13(19)11(17)22-20/h9,20H,7-8H2,1-6H3. The highest BCUT2D eigenvalue weighted by molar-refractivity contribution is 6.29. The van der Waals surface area contributed by atoms with Crippen LogP contribution < -0.4 is 0 Å². The van der Waals surface area contributed by atoms with Crippen LogP contribution in [0.3, 0.4) is 0 Å². The zero-order valence-electron chi connectivity index (χ0n) is 15.5. The highest BCUT2D eigenvalue weighted by Crippen LogP contribution is 2.19. The number of rotatable bonds is 8. The monoisotopic (exact) mass is 380 g/mol. The smallest absolute Gasteiger partial charge is 0.453 e. The lowest BCUT2D eigenvalue weighted by Crippen LogP contribution is -2.35. The Labute approximate surface area is 150 Å². The molecule has 0 rings (SSSR count). The first-order chi connectivity index (χ1) is 11.8. The molecule has 150 valence electrons. The molecule has 0 aliphatic heterocycles. The van der Waals surface area contributed by atoms with Crippen molar-refractivity contribution in [1.82, 2.24) is 0 Å². The van der Waals surface area contributed by atoms with Gasteiger partial charge in [-0.3, -0.25) is 14.7 Å². The lowest BCUT2D eigenvalue weighted by atomic mass is 10.0. The fraction of sp³-hybridized carbons (Fsp3) is 0.733. The molecule has 1 N–H and O–H groups in total. The molecule has 1 atom stereocenters. The van der Waals surface area contributed by atoms with E-state index < -0.39 is 41.2 Å². The van der Waals surface area contributed by atoms with E-state index >= 15 is 0 Å². The number of esters is 1. The van der Waals surface area contributed by atoms with Crippen LogP contribution in [-0.2, 0) is 48.4 Å². The minimum atomic E-state index is -1.67. The summed E-state index contributed by atoms with van der Waals surface area (Å²) in [6.07, 6.45) is -0.318. The van der Waals surface area contributed by atoms with Crippen LogP contribution in [0.2, 0.25) is 0 Å². The van der Waals surface area contributed by atoms with Crippen molar-refractivity contribution in [2.75, 3.05) is 0 Å². The van der Waals surface area contributed by atoms with Gasteiger partial charge >= 0.3 is 23.9 Å². The van der Waals surface area contributed by atoms with Crippen LogP contribution in [0.25, 0.3) is 0 Å². The van der Waals surface area contributed by atoms with Crippen LogP contribution in [-0.4, -0.2) is 46.4 Å². The topological polar surface area (TPSA) is 144 Å². The highest BCUT2D eigenvalue weighted by Gasteiger charge is 2.31. The predicted octanol–water partition coefficient (Wildman–Crippen LogP) is 1.24. The number of carbonyl (C=O) groups is 4. The maximum absolute atomic E-state index is 11.6. The van der Waals surface area contributed by atoms with Crippen molar-refractivity contribution >= 4 is 23.9 Å². The number of hydrogen-bond donors (Lipinski definition) is 1. The number of hydrogen-bond acceptors (Lipinski definition) is 11. The summed E-state index contributed by atoms with van der Waals surface area (Å²) >= 11 is 0.